The maximum Gasteiger partial charge on any atom is 0.339 e. The molecule has 1 heterocycles. The summed E-state index contributed by atoms with van der Waals surface area (Å²) in [5.74, 6) is -0.537. The normalized spacial score (nSPS) is 10.3. The Kier molecular flexibility index (Phi) is 3.18. The van der Waals surface area contributed by atoms with Crippen LogP contribution in [0.2, 0.25) is 0 Å². The number of nitrogens with zero attached hydrogens (tertiary/aromatic N) is 2. The summed E-state index contributed by atoms with van der Waals surface area (Å²) in [5, 5.41) is 11.2. The monoisotopic (exact) mass is 246 g/mol. The number of aromatic nitrogens is 1. The van der Waals surface area contributed by atoms with Gasteiger partial charge in [0.05, 0.1) is 28.0 Å². The van der Waals surface area contributed by atoms with Crippen molar-refractivity contribution in [3.8, 4) is 0 Å². The van der Waals surface area contributed by atoms with Crippen molar-refractivity contribution in [3.63, 3.8) is 0 Å². The molecule has 18 heavy (non-hydrogen) atoms. The van der Waals surface area contributed by atoms with Gasteiger partial charge >= 0.3 is 5.97 Å². The smallest absolute Gasteiger partial charge is 0.339 e. The third kappa shape index (κ3) is 2.13. The molecule has 0 N–H and O–H groups in total. The van der Waals surface area contributed by atoms with Crippen LogP contribution in [0, 0.1) is 10.1 Å². The van der Waals surface area contributed by atoms with Crippen LogP contribution in [0.25, 0.3) is 10.9 Å². The number of benzene rings is 1. The molecule has 0 atom stereocenters. The molecule has 0 fully saturated rings. The fourth-order valence-corrected chi connectivity index (χ4v) is 1.62. The molecule has 0 amide bonds. The van der Waals surface area contributed by atoms with Crippen molar-refractivity contribution < 1.29 is 14.5 Å². The third-order valence-corrected chi connectivity index (χ3v) is 2.41. The maximum atomic E-state index is 11.5. The summed E-state index contributed by atoms with van der Waals surface area (Å²) < 4.78 is 4.83. The number of carbonyl (C=O) groups is 1. The minimum Gasteiger partial charge on any atom is -0.462 e. The second kappa shape index (κ2) is 4.79. The Bertz CT molecular complexity index is 625. The van der Waals surface area contributed by atoms with Crippen molar-refractivity contribution in [2.75, 3.05) is 6.61 Å². The predicted octanol–water partition coefficient (Wildman–Crippen LogP) is 2.32. The molecule has 0 aliphatic heterocycles. The van der Waals surface area contributed by atoms with Gasteiger partial charge in [-0.05, 0) is 19.1 Å². The summed E-state index contributed by atoms with van der Waals surface area (Å²) in [5.41, 5.74) is 0.599. The summed E-state index contributed by atoms with van der Waals surface area (Å²) in [6.45, 7) is 1.93. The molecular weight excluding hydrogens is 236 g/mol. The lowest BCUT2D eigenvalue weighted by molar-refractivity contribution is -0.383. The first-order valence-electron chi connectivity index (χ1n) is 5.33. The van der Waals surface area contributed by atoms with Crippen molar-refractivity contribution >= 4 is 22.6 Å². The Morgan fingerprint density at radius 2 is 2.28 bits per heavy atom. The lowest BCUT2D eigenvalue weighted by Crippen LogP contribution is -2.05. The Morgan fingerprint density at radius 3 is 2.94 bits per heavy atom. The van der Waals surface area contributed by atoms with Gasteiger partial charge in [-0.1, -0.05) is 6.07 Å². The van der Waals surface area contributed by atoms with Gasteiger partial charge in [0.15, 0.2) is 0 Å². The second-order valence-corrected chi connectivity index (χ2v) is 3.55. The molecular formula is C12H10N2O4. The highest BCUT2D eigenvalue weighted by Crippen LogP contribution is 2.24. The van der Waals surface area contributed by atoms with E-state index in [0.717, 1.165) is 0 Å². The molecule has 6 heteroatoms. The van der Waals surface area contributed by atoms with E-state index in [-0.39, 0.29) is 17.9 Å². The largest absolute Gasteiger partial charge is 0.462 e. The van der Waals surface area contributed by atoms with E-state index in [1.54, 1.807) is 19.1 Å². The van der Waals surface area contributed by atoms with Crippen molar-refractivity contribution in [2.45, 2.75) is 6.92 Å². The van der Waals surface area contributed by atoms with Crippen LogP contribution in [0.4, 0.5) is 5.69 Å². The number of esters is 1. The Balaban J connectivity index is 2.58. The lowest BCUT2D eigenvalue weighted by atomic mass is 10.1. The Hall–Kier alpha value is -2.50. The van der Waals surface area contributed by atoms with E-state index in [1.807, 2.05) is 0 Å². The van der Waals surface area contributed by atoms with Crippen molar-refractivity contribution in [3.05, 3.63) is 46.1 Å². The first-order valence-corrected chi connectivity index (χ1v) is 5.33. The van der Waals surface area contributed by atoms with Crippen LogP contribution >= 0.6 is 0 Å². The van der Waals surface area contributed by atoms with E-state index in [1.165, 1.54) is 18.3 Å². The molecule has 6 nitrogen and oxygen atoms in total. The molecule has 0 aliphatic carbocycles. The number of carbonyl (C=O) groups excluding carboxylic acids is 1. The molecule has 0 saturated carbocycles. The Labute approximate surface area is 102 Å². The van der Waals surface area contributed by atoms with Crippen LogP contribution in [0.15, 0.2) is 30.5 Å². The summed E-state index contributed by atoms with van der Waals surface area (Å²) in [6, 6.07) is 6.01. The van der Waals surface area contributed by atoms with Crippen LogP contribution < -0.4 is 0 Å². The highest BCUT2D eigenvalue weighted by Gasteiger charge is 2.15. The number of non-ortho nitro benzene ring substituents is 1. The van der Waals surface area contributed by atoms with E-state index >= 15 is 0 Å². The average Bonchev–Trinajstić information content (AvgIpc) is 2.37. The minimum absolute atomic E-state index is 0.0776. The van der Waals surface area contributed by atoms with Gasteiger partial charge in [0.2, 0.25) is 0 Å². The maximum absolute atomic E-state index is 11.5. The molecule has 92 valence electrons. The quantitative estimate of drug-likeness (QED) is 0.471. The van der Waals surface area contributed by atoms with Gasteiger partial charge in [0.1, 0.15) is 0 Å². The van der Waals surface area contributed by atoms with Gasteiger partial charge in [-0.3, -0.25) is 15.1 Å². The second-order valence-electron chi connectivity index (χ2n) is 3.55. The van der Waals surface area contributed by atoms with E-state index in [4.69, 9.17) is 4.74 Å². The van der Waals surface area contributed by atoms with E-state index < -0.39 is 10.9 Å². The van der Waals surface area contributed by atoms with Crippen molar-refractivity contribution in [2.24, 2.45) is 0 Å². The topological polar surface area (TPSA) is 82.3 Å². The number of ether oxygens (including phenoxy) is 1. The molecule has 0 aliphatic rings. The van der Waals surface area contributed by atoms with Crippen LogP contribution in [0.1, 0.15) is 17.3 Å². The van der Waals surface area contributed by atoms with Crippen LogP contribution in [0.3, 0.4) is 0 Å². The average molecular weight is 246 g/mol. The van der Waals surface area contributed by atoms with Gasteiger partial charge in [0, 0.05) is 12.3 Å². The van der Waals surface area contributed by atoms with E-state index in [9.17, 15) is 14.9 Å². The molecule has 0 radical (unpaired) electrons. The summed E-state index contributed by atoms with van der Waals surface area (Å²) >= 11 is 0. The number of nitro benzene ring substituents is 1. The fourth-order valence-electron chi connectivity index (χ4n) is 1.62. The fraction of sp³-hybridized carbons (Fsp3) is 0.167. The SMILES string of the molecule is CCOC(=O)c1cnc2cccc([N+](=O)[O-])c2c1. The van der Waals surface area contributed by atoms with Gasteiger partial charge in [-0.15, -0.1) is 0 Å². The van der Waals surface area contributed by atoms with Crippen LogP contribution in [0.5, 0.6) is 0 Å². The molecule has 0 bridgehead atoms. The summed E-state index contributed by atoms with van der Waals surface area (Å²) in [4.78, 5) is 25.9. The summed E-state index contributed by atoms with van der Waals surface area (Å²) in [6.07, 6.45) is 1.35. The third-order valence-electron chi connectivity index (χ3n) is 2.41. The highest BCUT2D eigenvalue weighted by atomic mass is 16.6. The van der Waals surface area contributed by atoms with Crippen LogP contribution in [-0.2, 0) is 4.74 Å². The molecule has 0 spiro atoms. The molecule has 0 saturated heterocycles. The highest BCUT2D eigenvalue weighted by molar-refractivity contribution is 5.96. The van der Waals surface area contributed by atoms with E-state index in [2.05, 4.69) is 4.98 Å². The molecule has 1 aromatic heterocycles. The number of nitro groups is 1. The zero-order chi connectivity index (χ0) is 13.1. The van der Waals surface area contributed by atoms with Gasteiger partial charge in [0.25, 0.3) is 5.69 Å². The number of rotatable bonds is 3. The minimum atomic E-state index is -0.537. The van der Waals surface area contributed by atoms with E-state index in [0.29, 0.717) is 10.9 Å². The van der Waals surface area contributed by atoms with Gasteiger partial charge in [-0.2, -0.15) is 0 Å². The molecule has 0 unspecified atom stereocenters. The molecule has 2 aromatic rings. The number of fused-ring (bicyclic) bond motifs is 1. The van der Waals surface area contributed by atoms with Crippen LogP contribution in [-0.4, -0.2) is 22.5 Å². The zero-order valence-corrected chi connectivity index (χ0v) is 9.62. The number of hydrogen-bond donors (Lipinski definition) is 0. The number of pyridine rings is 1. The summed E-state index contributed by atoms with van der Waals surface area (Å²) in [7, 11) is 0. The first kappa shape index (κ1) is 12.0. The van der Waals surface area contributed by atoms with Gasteiger partial charge in [-0.25, -0.2) is 4.79 Å². The standard InChI is InChI=1S/C12H10N2O4/c1-2-18-12(15)8-6-9-10(13-7-8)4-3-5-11(9)14(16)17/h3-7H,2H2,1H3. The zero-order valence-electron chi connectivity index (χ0n) is 9.62. The van der Waals surface area contributed by atoms with Crippen molar-refractivity contribution in [1.29, 1.82) is 0 Å². The lowest BCUT2D eigenvalue weighted by Gasteiger charge is -2.03. The molecule has 1 aromatic carbocycles. The first-order chi connectivity index (χ1) is 8.63. The van der Waals surface area contributed by atoms with Crippen molar-refractivity contribution in [1.82, 2.24) is 4.98 Å². The predicted molar refractivity (Wildman–Crippen MR) is 64.4 cm³/mol. The Morgan fingerprint density at radius 1 is 1.50 bits per heavy atom. The molecule has 2 rings (SSSR count). The number of hydrogen-bond acceptors (Lipinski definition) is 5. The van der Waals surface area contributed by atoms with Gasteiger partial charge < -0.3 is 4.74 Å².